The Morgan fingerprint density at radius 1 is 1.44 bits per heavy atom. The standard InChI is InChI=1S/C11H13FN2O2/c1-6-5-13-8-4-10(16-2)7(12)3-9(8)14-11(6)15/h3-4,6,13H,5H2,1-2H3,(H,14,15). The van der Waals surface area contributed by atoms with Crippen LogP contribution in [0.5, 0.6) is 5.75 Å². The number of nitrogens with one attached hydrogen (secondary N) is 2. The summed E-state index contributed by atoms with van der Waals surface area (Å²) < 4.78 is 18.3. The van der Waals surface area contributed by atoms with Crippen molar-refractivity contribution in [1.29, 1.82) is 0 Å². The lowest BCUT2D eigenvalue weighted by Crippen LogP contribution is -2.22. The summed E-state index contributed by atoms with van der Waals surface area (Å²) in [6.07, 6.45) is 0. The van der Waals surface area contributed by atoms with E-state index in [1.54, 1.807) is 6.07 Å². The molecule has 1 unspecified atom stereocenters. The molecule has 1 aromatic carbocycles. The number of ether oxygens (including phenoxy) is 1. The summed E-state index contributed by atoms with van der Waals surface area (Å²) in [6, 6.07) is 2.81. The number of fused-ring (bicyclic) bond motifs is 1. The first-order valence-electron chi connectivity index (χ1n) is 5.04. The molecule has 0 saturated carbocycles. The summed E-state index contributed by atoms with van der Waals surface area (Å²) in [5.74, 6) is -0.592. The van der Waals surface area contributed by atoms with Crippen LogP contribution in [-0.2, 0) is 4.79 Å². The maximum absolute atomic E-state index is 13.4. The molecule has 0 spiro atoms. The van der Waals surface area contributed by atoms with Gasteiger partial charge in [0.25, 0.3) is 0 Å². The first-order valence-corrected chi connectivity index (χ1v) is 5.04. The SMILES string of the molecule is COc1cc2c(cc1F)NC(=O)C(C)CN2. The van der Waals surface area contributed by atoms with Gasteiger partial charge in [-0.2, -0.15) is 0 Å². The zero-order valence-corrected chi connectivity index (χ0v) is 9.13. The normalized spacial score (nSPS) is 19.2. The van der Waals surface area contributed by atoms with Gasteiger partial charge in [-0.3, -0.25) is 4.79 Å². The van der Waals surface area contributed by atoms with E-state index in [0.29, 0.717) is 17.9 Å². The number of carbonyl (C=O) groups is 1. The Labute approximate surface area is 92.8 Å². The molecule has 0 radical (unpaired) electrons. The van der Waals surface area contributed by atoms with Crippen molar-refractivity contribution in [1.82, 2.24) is 0 Å². The first kappa shape index (κ1) is 10.7. The van der Waals surface area contributed by atoms with Crippen molar-refractivity contribution in [3.63, 3.8) is 0 Å². The van der Waals surface area contributed by atoms with Crippen LogP contribution < -0.4 is 15.4 Å². The molecule has 0 bridgehead atoms. The predicted molar refractivity (Wildman–Crippen MR) is 59.2 cm³/mol. The molecule has 0 aromatic heterocycles. The van der Waals surface area contributed by atoms with E-state index in [-0.39, 0.29) is 17.6 Å². The summed E-state index contributed by atoms with van der Waals surface area (Å²) in [6.45, 7) is 2.33. The molecule has 1 heterocycles. The second-order valence-corrected chi connectivity index (χ2v) is 3.80. The molecule has 1 aromatic rings. The predicted octanol–water partition coefficient (Wildman–Crippen LogP) is 1.83. The van der Waals surface area contributed by atoms with Crippen LogP contribution in [0.15, 0.2) is 12.1 Å². The van der Waals surface area contributed by atoms with Crippen molar-refractivity contribution < 1.29 is 13.9 Å². The molecular formula is C11H13FN2O2. The highest BCUT2D eigenvalue weighted by Crippen LogP contribution is 2.32. The van der Waals surface area contributed by atoms with E-state index >= 15 is 0 Å². The third kappa shape index (κ3) is 1.80. The lowest BCUT2D eigenvalue weighted by atomic mass is 10.2. The van der Waals surface area contributed by atoms with Crippen molar-refractivity contribution in [2.75, 3.05) is 24.3 Å². The van der Waals surface area contributed by atoms with Crippen LogP contribution in [0.2, 0.25) is 0 Å². The van der Waals surface area contributed by atoms with Gasteiger partial charge in [0, 0.05) is 18.7 Å². The largest absolute Gasteiger partial charge is 0.494 e. The molecule has 1 atom stereocenters. The Bertz CT molecular complexity index is 434. The van der Waals surface area contributed by atoms with E-state index in [1.165, 1.54) is 13.2 Å². The van der Waals surface area contributed by atoms with E-state index in [4.69, 9.17) is 4.74 Å². The van der Waals surface area contributed by atoms with E-state index in [9.17, 15) is 9.18 Å². The van der Waals surface area contributed by atoms with Gasteiger partial charge in [0.2, 0.25) is 5.91 Å². The van der Waals surface area contributed by atoms with E-state index < -0.39 is 5.82 Å². The average molecular weight is 224 g/mol. The Morgan fingerprint density at radius 2 is 2.19 bits per heavy atom. The van der Waals surface area contributed by atoms with Gasteiger partial charge in [-0.25, -0.2) is 4.39 Å². The van der Waals surface area contributed by atoms with Gasteiger partial charge in [0.15, 0.2) is 11.6 Å². The van der Waals surface area contributed by atoms with Crippen molar-refractivity contribution in [3.05, 3.63) is 17.9 Å². The highest BCUT2D eigenvalue weighted by atomic mass is 19.1. The van der Waals surface area contributed by atoms with Crippen molar-refractivity contribution in [3.8, 4) is 5.75 Å². The minimum atomic E-state index is -0.488. The second kappa shape index (κ2) is 4.00. The quantitative estimate of drug-likeness (QED) is 0.765. The van der Waals surface area contributed by atoms with Gasteiger partial charge in [-0.1, -0.05) is 6.92 Å². The molecular weight excluding hydrogens is 211 g/mol. The number of hydrogen-bond acceptors (Lipinski definition) is 3. The molecule has 1 amide bonds. The van der Waals surface area contributed by atoms with Gasteiger partial charge in [-0.05, 0) is 0 Å². The molecule has 1 aliphatic heterocycles. The number of amides is 1. The Kier molecular flexibility index (Phi) is 2.68. The van der Waals surface area contributed by atoms with Gasteiger partial charge >= 0.3 is 0 Å². The van der Waals surface area contributed by atoms with Crippen LogP contribution in [0, 0.1) is 11.7 Å². The summed E-state index contributed by atoms with van der Waals surface area (Å²) in [4.78, 5) is 11.5. The number of anilines is 2. The molecule has 2 N–H and O–H groups in total. The lowest BCUT2D eigenvalue weighted by molar-refractivity contribution is -0.118. The van der Waals surface area contributed by atoms with Gasteiger partial charge in [0.1, 0.15) is 0 Å². The lowest BCUT2D eigenvalue weighted by Gasteiger charge is -2.10. The molecule has 1 aliphatic rings. The fourth-order valence-corrected chi connectivity index (χ4v) is 1.57. The number of benzene rings is 1. The van der Waals surface area contributed by atoms with Crippen molar-refractivity contribution in [2.45, 2.75) is 6.92 Å². The molecule has 2 rings (SSSR count). The Morgan fingerprint density at radius 3 is 2.88 bits per heavy atom. The Hall–Kier alpha value is -1.78. The maximum Gasteiger partial charge on any atom is 0.229 e. The van der Waals surface area contributed by atoms with E-state index in [2.05, 4.69) is 10.6 Å². The zero-order chi connectivity index (χ0) is 11.7. The van der Waals surface area contributed by atoms with Crippen LogP contribution in [0.4, 0.5) is 15.8 Å². The van der Waals surface area contributed by atoms with Gasteiger partial charge in [0.05, 0.1) is 24.4 Å². The molecule has 4 nitrogen and oxygen atoms in total. The highest BCUT2D eigenvalue weighted by molar-refractivity contribution is 5.97. The fourth-order valence-electron chi connectivity index (χ4n) is 1.57. The van der Waals surface area contributed by atoms with Gasteiger partial charge < -0.3 is 15.4 Å². The van der Waals surface area contributed by atoms with Crippen LogP contribution in [0.1, 0.15) is 6.92 Å². The number of halogens is 1. The van der Waals surface area contributed by atoms with Crippen molar-refractivity contribution >= 4 is 17.3 Å². The van der Waals surface area contributed by atoms with Gasteiger partial charge in [-0.15, -0.1) is 0 Å². The molecule has 0 saturated heterocycles. The van der Waals surface area contributed by atoms with Crippen molar-refractivity contribution in [2.24, 2.45) is 5.92 Å². The Balaban J connectivity index is 2.42. The number of methoxy groups -OCH3 is 1. The number of carbonyl (C=O) groups excluding carboxylic acids is 1. The fraction of sp³-hybridized carbons (Fsp3) is 0.364. The van der Waals surface area contributed by atoms with Crippen LogP contribution in [0.25, 0.3) is 0 Å². The maximum atomic E-state index is 13.4. The third-order valence-corrected chi connectivity index (χ3v) is 2.60. The van der Waals surface area contributed by atoms with E-state index in [1.807, 2.05) is 6.92 Å². The zero-order valence-electron chi connectivity index (χ0n) is 9.13. The monoisotopic (exact) mass is 224 g/mol. The molecule has 16 heavy (non-hydrogen) atoms. The summed E-state index contributed by atoms with van der Waals surface area (Å²) in [5, 5.41) is 5.74. The summed E-state index contributed by atoms with van der Waals surface area (Å²) in [7, 11) is 1.41. The smallest absolute Gasteiger partial charge is 0.229 e. The minimum absolute atomic E-state index is 0.115. The molecule has 0 aliphatic carbocycles. The third-order valence-electron chi connectivity index (χ3n) is 2.60. The molecule has 86 valence electrons. The van der Waals surface area contributed by atoms with E-state index in [0.717, 1.165) is 0 Å². The number of rotatable bonds is 1. The number of hydrogen-bond donors (Lipinski definition) is 2. The minimum Gasteiger partial charge on any atom is -0.494 e. The van der Waals surface area contributed by atoms with Crippen LogP contribution in [-0.4, -0.2) is 19.6 Å². The van der Waals surface area contributed by atoms with Crippen LogP contribution >= 0.6 is 0 Å². The topological polar surface area (TPSA) is 50.4 Å². The second-order valence-electron chi connectivity index (χ2n) is 3.80. The summed E-state index contributed by atoms with van der Waals surface area (Å²) >= 11 is 0. The van der Waals surface area contributed by atoms with Crippen LogP contribution in [0.3, 0.4) is 0 Å². The molecule has 5 heteroatoms. The first-order chi connectivity index (χ1) is 7.61. The average Bonchev–Trinajstić information content (AvgIpc) is 2.39. The molecule has 0 fully saturated rings. The highest BCUT2D eigenvalue weighted by Gasteiger charge is 2.20. The summed E-state index contributed by atoms with van der Waals surface area (Å²) in [5.41, 5.74) is 1.13.